The maximum Gasteiger partial charge on any atom is 0.113 e. The fourth-order valence-corrected chi connectivity index (χ4v) is 4.32. The highest BCUT2D eigenvalue weighted by Gasteiger charge is 2.44. The van der Waals surface area contributed by atoms with Gasteiger partial charge in [0.2, 0.25) is 0 Å². The number of aliphatic hydroxyl groups is 4. The average Bonchev–Trinajstić information content (AvgIpc) is 3.16. The Morgan fingerprint density at radius 3 is 2.68 bits per heavy atom. The summed E-state index contributed by atoms with van der Waals surface area (Å²) >= 11 is 7.95. The van der Waals surface area contributed by atoms with Gasteiger partial charge in [0, 0.05) is 22.5 Å². The van der Waals surface area contributed by atoms with E-state index in [1.165, 1.54) is 0 Å². The van der Waals surface area contributed by atoms with E-state index < -0.39 is 37.1 Å². The van der Waals surface area contributed by atoms with Gasteiger partial charge in [-0.1, -0.05) is 29.8 Å². The van der Waals surface area contributed by atoms with Gasteiger partial charge in [-0.15, -0.1) is 11.3 Å². The predicted molar refractivity (Wildman–Crippen MR) is 108 cm³/mol. The van der Waals surface area contributed by atoms with Crippen molar-refractivity contribution in [3.8, 4) is 0 Å². The highest BCUT2D eigenvalue weighted by atomic mass is 35.5. The average molecular weight is 426 g/mol. The molecule has 1 saturated heterocycles. The quantitative estimate of drug-likeness (QED) is 0.586. The molecule has 0 aliphatic carbocycles. The smallest absolute Gasteiger partial charge is 0.113 e. The first-order valence-electron chi connectivity index (χ1n) is 9.02. The second kappa shape index (κ2) is 9.00. The lowest BCUT2D eigenvalue weighted by Crippen LogP contribution is -2.55. The Morgan fingerprint density at radius 1 is 1.25 bits per heavy atom. The van der Waals surface area contributed by atoms with Gasteiger partial charge in [0.25, 0.3) is 0 Å². The Bertz CT molecular complexity index is 853. The highest BCUT2D eigenvalue weighted by molar-refractivity contribution is 7.12. The molecule has 3 rings (SSSR count). The summed E-state index contributed by atoms with van der Waals surface area (Å²) in [4.78, 5) is 5.55. The molecule has 0 bridgehead atoms. The molecule has 2 heterocycles. The van der Waals surface area contributed by atoms with Crippen molar-refractivity contribution in [2.45, 2.75) is 50.8 Å². The van der Waals surface area contributed by atoms with Crippen LogP contribution in [-0.4, -0.2) is 56.4 Å². The fourth-order valence-electron chi connectivity index (χ4n) is 3.16. The molecular weight excluding hydrogens is 402 g/mol. The van der Waals surface area contributed by atoms with Gasteiger partial charge in [0.1, 0.15) is 30.5 Å². The molecule has 5 atom stereocenters. The predicted octanol–water partition coefficient (Wildman–Crippen LogP) is 2.33. The maximum absolute atomic E-state index is 10.3. The van der Waals surface area contributed by atoms with Gasteiger partial charge in [0.05, 0.1) is 11.6 Å². The van der Waals surface area contributed by atoms with Gasteiger partial charge in [-0.05, 0) is 36.6 Å². The molecule has 1 fully saturated rings. The van der Waals surface area contributed by atoms with Gasteiger partial charge in [-0.3, -0.25) is 0 Å². The molecule has 1 aliphatic rings. The van der Waals surface area contributed by atoms with Crippen LogP contribution in [0.1, 0.15) is 41.0 Å². The number of hydrogen-bond donors (Lipinski definition) is 4. The van der Waals surface area contributed by atoms with Crippen molar-refractivity contribution in [3.05, 3.63) is 56.5 Å². The van der Waals surface area contributed by atoms with Crippen molar-refractivity contribution >= 4 is 28.5 Å². The number of rotatable bonds is 5. The first-order chi connectivity index (χ1) is 13.3. The molecular formula is C20H24ClNO5S. The van der Waals surface area contributed by atoms with Gasteiger partial charge < -0.3 is 25.2 Å². The zero-order chi connectivity index (χ0) is 20.4. The summed E-state index contributed by atoms with van der Waals surface area (Å²) in [6.07, 6.45) is -1.57. The number of thiazole rings is 1. The number of benzene rings is 1. The standard InChI is InChI=1S/C20H24ClNO5S/c1-3-10(2)15-8-22-16(28-15)7-12-6-11(4-5-13(12)21)20-19(26)18(25)17(24)14(9-23)27-20/h3-6,8,14,17-20,23-26H,7,9H2,1-2H3/t14-,17-,18+,19-,20+/m1/s1. The van der Waals surface area contributed by atoms with E-state index in [-0.39, 0.29) is 0 Å². The molecule has 0 saturated carbocycles. The van der Waals surface area contributed by atoms with Crippen LogP contribution in [0.15, 0.2) is 30.5 Å². The number of hydrogen-bond acceptors (Lipinski definition) is 7. The molecule has 2 aromatic rings. The molecule has 8 heteroatoms. The van der Waals surface area contributed by atoms with Gasteiger partial charge in [-0.25, -0.2) is 4.98 Å². The maximum atomic E-state index is 10.3. The van der Waals surface area contributed by atoms with E-state index in [1.807, 2.05) is 26.1 Å². The number of aliphatic hydroxyl groups excluding tert-OH is 4. The van der Waals surface area contributed by atoms with Crippen LogP contribution in [0.4, 0.5) is 0 Å². The Labute approximate surface area is 172 Å². The third-order valence-electron chi connectivity index (χ3n) is 5.01. The number of allylic oxidation sites excluding steroid dienone is 2. The Hall–Kier alpha value is -1.32. The van der Waals surface area contributed by atoms with E-state index in [0.29, 0.717) is 17.0 Å². The first-order valence-corrected chi connectivity index (χ1v) is 10.2. The van der Waals surface area contributed by atoms with E-state index in [2.05, 4.69) is 4.98 Å². The van der Waals surface area contributed by atoms with E-state index >= 15 is 0 Å². The lowest BCUT2D eigenvalue weighted by atomic mass is 9.90. The van der Waals surface area contributed by atoms with Gasteiger partial charge >= 0.3 is 0 Å². The van der Waals surface area contributed by atoms with Crippen molar-refractivity contribution in [2.75, 3.05) is 6.61 Å². The molecule has 6 nitrogen and oxygen atoms in total. The van der Waals surface area contributed by atoms with E-state index in [4.69, 9.17) is 16.3 Å². The second-order valence-corrected chi connectivity index (χ2v) is 8.39. The molecule has 0 radical (unpaired) electrons. The van der Waals surface area contributed by atoms with E-state index in [9.17, 15) is 20.4 Å². The lowest BCUT2D eigenvalue weighted by Gasteiger charge is -2.40. The number of ether oxygens (including phenoxy) is 1. The lowest BCUT2D eigenvalue weighted by molar-refractivity contribution is -0.231. The minimum atomic E-state index is -1.42. The topological polar surface area (TPSA) is 103 Å². The summed E-state index contributed by atoms with van der Waals surface area (Å²) < 4.78 is 5.64. The van der Waals surface area contributed by atoms with Gasteiger partial charge in [-0.2, -0.15) is 0 Å². The van der Waals surface area contributed by atoms with Crippen molar-refractivity contribution in [1.82, 2.24) is 4.98 Å². The zero-order valence-electron chi connectivity index (χ0n) is 15.6. The Morgan fingerprint density at radius 2 is 2.00 bits per heavy atom. The molecule has 1 aromatic carbocycles. The zero-order valence-corrected chi connectivity index (χ0v) is 17.2. The normalized spacial score (nSPS) is 28.5. The SMILES string of the molecule is CC=C(C)c1cnc(Cc2cc([C@@H]3O[C@H](CO)[C@@H](O)[C@H](O)[C@H]3O)ccc2Cl)s1. The molecule has 0 amide bonds. The van der Waals surface area contributed by atoms with Gasteiger partial charge in [0.15, 0.2) is 0 Å². The van der Waals surface area contributed by atoms with Crippen LogP contribution in [0, 0.1) is 0 Å². The molecule has 28 heavy (non-hydrogen) atoms. The third-order valence-corrected chi connectivity index (χ3v) is 6.51. The minimum Gasteiger partial charge on any atom is -0.394 e. The summed E-state index contributed by atoms with van der Waals surface area (Å²) in [5.41, 5.74) is 2.58. The third kappa shape index (κ3) is 4.31. The van der Waals surface area contributed by atoms with Crippen molar-refractivity contribution in [3.63, 3.8) is 0 Å². The van der Waals surface area contributed by atoms with Crippen molar-refractivity contribution in [1.29, 1.82) is 0 Å². The molecule has 0 unspecified atom stereocenters. The monoisotopic (exact) mass is 425 g/mol. The van der Waals surface area contributed by atoms with E-state index in [0.717, 1.165) is 21.0 Å². The Balaban J connectivity index is 1.86. The molecule has 4 N–H and O–H groups in total. The molecule has 152 valence electrons. The summed E-state index contributed by atoms with van der Waals surface area (Å²) in [7, 11) is 0. The van der Waals surface area contributed by atoms with Crippen LogP contribution in [0.25, 0.3) is 5.57 Å². The van der Waals surface area contributed by atoms with E-state index in [1.54, 1.807) is 29.5 Å². The highest BCUT2D eigenvalue weighted by Crippen LogP contribution is 2.35. The minimum absolute atomic E-state index is 0.464. The van der Waals surface area contributed by atoms with Crippen LogP contribution in [0.3, 0.4) is 0 Å². The number of nitrogens with zero attached hydrogens (tertiary/aromatic N) is 1. The summed E-state index contributed by atoms with van der Waals surface area (Å²) in [6, 6.07) is 5.22. The Kier molecular flexibility index (Phi) is 6.88. The fraction of sp³-hybridized carbons (Fsp3) is 0.450. The molecule has 0 spiro atoms. The van der Waals surface area contributed by atoms with Crippen LogP contribution in [0.5, 0.6) is 0 Å². The van der Waals surface area contributed by atoms with Crippen LogP contribution in [-0.2, 0) is 11.2 Å². The first kappa shape index (κ1) is 21.4. The molecule has 1 aliphatic heterocycles. The summed E-state index contributed by atoms with van der Waals surface area (Å²) in [6.45, 7) is 3.55. The van der Waals surface area contributed by atoms with Crippen molar-refractivity contribution < 1.29 is 25.2 Å². The van der Waals surface area contributed by atoms with Crippen LogP contribution >= 0.6 is 22.9 Å². The summed E-state index contributed by atoms with van der Waals surface area (Å²) in [5, 5.41) is 41.2. The van der Waals surface area contributed by atoms with Crippen LogP contribution < -0.4 is 0 Å². The van der Waals surface area contributed by atoms with Crippen LogP contribution in [0.2, 0.25) is 5.02 Å². The van der Waals surface area contributed by atoms with Crippen molar-refractivity contribution in [2.24, 2.45) is 0 Å². The number of aromatic nitrogens is 1. The largest absolute Gasteiger partial charge is 0.394 e. The summed E-state index contributed by atoms with van der Waals surface area (Å²) in [5.74, 6) is 0. The second-order valence-electron chi connectivity index (χ2n) is 6.87. The number of halogens is 1. The molecule has 1 aromatic heterocycles.